The minimum atomic E-state index is -0.388. The molecule has 0 aliphatic carbocycles. The second-order valence-corrected chi connectivity index (χ2v) is 5.63. The highest BCUT2D eigenvalue weighted by Crippen LogP contribution is 2.28. The van der Waals surface area contributed by atoms with Crippen molar-refractivity contribution in [3.05, 3.63) is 28.2 Å². The lowest BCUT2D eigenvalue weighted by molar-refractivity contribution is 0.100. The lowest BCUT2D eigenvalue weighted by Gasteiger charge is -2.34. The van der Waals surface area contributed by atoms with Crippen LogP contribution in [-0.4, -0.2) is 25.5 Å². The van der Waals surface area contributed by atoms with Crippen molar-refractivity contribution in [2.45, 2.75) is 12.8 Å². The van der Waals surface area contributed by atoms with Gasteiger partial charge in [0, 0.05) is 23.2 Å². The fourth-order valence-electron chi connectivity index (χ4n) is 2.46. The molecular formula is C13H18BrN3O. The van der Waals surface area contributed by atoms with E-state index in [-0.39, 0.29) is 5.91 Å². The van der Waals surface area contributed by atoms with Crippen LogP contribution in [0.5, 0.6) is 0 Å². The van der Waals surface area contributed by atoms with E-state index in [9.17, 15) is 4.79 Å². The molecule has 0 bridgehead atoms. The number of anilines is 1. The Morgan fingerprint density at radius 3 is 2.94 bits per heavy atom. The number of hydrogen-bond donors (Lipinski definition) is 2. The van der Waals surface area contributed by atoms with E-state index in [1.807, 2.05) is 12.1 Å². The topological polar surface area (TPSA) is 72.3 Å². The van der Waals surface area contributed by atoms with E-state index in [2.05, 4.69) is 20.8 Å². The van der Waals surface area contributed by atoms with Crippen molar-refractivity contribution in [2.75, 3.05) is 24.5 Å². The van der Waals surface area contributed by atoms with Gasteiger partial charge in [0.1, 0.15) is 0 Å². The van der Waals surface area contributed by atoms with Gasteiger partial charge in [0.25, 0.3) is 5.91 Å². The number of halogens is 1. The largest absolute Gasteiger partial charge is 0.371 e. The van der Waals surface area contributed by atoms with Crippen molar-refractivity contribution in [2.24, 2.45) is 17.4 Å². The first-order chi connectivity index (χ1) is 8.61. The van der Waals surface area contributed by atoms with E-state index in [4.69, 9.17) is 11.5 Å². The van der Waals surface area contributed by atoms with Crippen molar-refractivity contribution < 1.29 is 4.79 Å². The van der Waals surface area contributed by atoms with E-state index < -0.39 is 0 Å². The van der Waals surface area contributed by atoms with Gasteiger partial charge in [-0.2, -0.15) is 0 Å². The molecule has 18 heavy (non-hydrogen) atoms. The predicted octanol–water partition coefficient (Wildman–Crippen LogP) is 1.72. The number of nitrogens with zero attached hydrogens (tertiary/aromatic N) is 1. The van der Waals surface area contributed by atoms with Gasteiger partial charge in [-0.15, -0.1) is 0 Å². The van der Waals surface area contributed by atoms with Crippen molar-refractivity contribution in [1.82, 2.24) is 0 Å². The monoisotopic (exact) mass is 311 g/mol. The van der Waals surface area contributed by atoms with Crippen LogP contribution in [0.4, 0.5) is 5.69 Å². The van der Waals surface area contributed by atoms with Crippen LogP contribution in [0, 0.1) is 5.92 Å². The maximum atomic E-state index is 11.5. The van der Waals surface area contributed by atoms with E-state index in [0.717, 1.165) is 36.1 Å². The average molecular weight is 312 g/mol. The molecule has 1 amide bonds. The zero-order chi connectivity index (χ0) is 13.1. The van der Waals surface area contributed by atoms with E-state index in [1.165, 1.54) is 0 Å². The normalized spacial score (nSPS) is 19.9. The van der Waals surface area contributed by atoms with Crippen LogP contribution in [-0.2, 0) is 0 Å². The Hall–Kier alpha value is -1.07. The molecule has 1 aliphatic heterocycles. The van der Waals surface area contributed by atoms with Gasteiger partial charge >= 0.3 is 0 Å². The SMILES string of the molecule is NCC1CCCN(c2ccc(Br)cc2C(N)=O)C1. The van der Waals surface area contributed by atoms with Crippen LogP contribution in [0.1, 0.15) is 23.2 Å². The number of piperidine rings is 1. The fourth-order valence-corrected chi connectivity index (χ4v) is 2.82. The summed E-state index contributed by atoms with van der Waals surface area (Å²) in [7, 11) is 0. The average Bonchev–Trinajstić information content (AvgIpc) is 2.38. The molecule has 1 atom stereocenters. The van der Waals surface area contributed by atoms with E-state index >= 15 is 0 Å². The first kappa shape index (κ1) is 13.4. The highest BCUT2D eigenvalue weighted by molar-refractivity contribution is 9.10. The van der Waals surface area contributed by atoms with Crippen LogP contribution in [0.3, 0.4) is 0 Å². The zero-order valence-corrected chi connectivity index (χ0v) is 11.8. The number of primary amides is 1. The summed E-state index contributed by atoms with van der Waals surface area (Å²) in [6, 6.07) is 5.67. The molecule has 4 nitrogen and oxygen atoms in total. The predicted molar refractivity (Wildman–Crippen MR) is 76.7 cm³/mol. The van der Waals surface area contributed by atoms with Gasteiger partial charge < -0.3 is 16.4 Å². The summed E-state index contributed by atoms with van der Waals surface area (Å²) in [5.74, 6) is 0.115. The van der Waals surface area contributed by atoms with Crippen molar-refractivity contribution in [3.63, 3.8) is 0 Å². The maximum absolute atomic E-state index is 11.5. The van der Waals surface area contributed by atoms with Gasteiger partial charge in [0.2, 0.25) is 0 Å². The molecule has 1 aromatic rings. The Kier molecular flexibility index (Phi) is 4.24. The first-order valence-electron chi connectivity index (χ1n) is 6.16. The second-order valence-electron chi connectivity index (χ2n) is 4.72. The number of nitrogens with two attached hydrogens (primary N) is 2. The molecule has 5 heteroatoms. The molecule has 0 radical (unpaired) electrons. The van der Waals surface area contributed by atoms with Crippen molar-refractivity contribution in [1.29, 1.82) is 0 Å². The highest BCUT2D eigenvalue weighted by atomic mass is 79.9. The van der Waals surface area contributed by atoms with Gasteiger partial charge in [0.05, 0.1) is 5.56 Å². The molecule has 0 aromatic heterocycles. The molecule has 1 unspecified atom stereocenters. The molecule has 0 spiro atoms. The minimum absolute atomic E-state index is 0.388. The molecule has 4 N–H and O–H groups in total. The van der Waals surface area contributed by atoms with Gasteiger partial charge in [-0.1, -0.05) is 15.9 Å². The Labute approximate surface area is 115 Å². The number of carbonyl (C=O) groups is 1. The summed E-state index contributed by atoms with van der Waals surface area (Å²) in [6.45, 7) is 2.55. The third-order valence-electron chi connectivity index (χ3n) is 3.42. The van der Waals surface area contributed by atoms with Crippen LogP contribution in [0.25, 0.3) is 0 Å². The van der Waals surface area contributed by atoms with Crippen LogP contribution >= 0.6 is 15.9 Å². The minimum Gasteiger partial charge on any atom is -0.371 e. The summed E-state index contributed by atoms with van der Waals surface area (Å²) < 4.78 is 0.868. The number of benzene rings is 1. The first-order valence-corrected chi connectivity index (χ1v) is 6.95. The summed E-state index contributed by atoms with van der Waals surface area (Å²) >= 11 is 3.37. The van der Waals surface area contributed by atoms with Gasteiger partial charge in [-0.05, 0) is 43.5 Å². The lowest BCUT2D eigenvalue weighted by Crippen LogP contribution is -2.39. The van der Waals surface area contributed by atoms with Crippen LogP contribution < -0.4 is 16.4 Å². The van der Waals surface area contributed by atoms with Gasteiger partial charge in [0.15, 0.2) is 0 Å². The highest BCUT2D eigenvalue weighted by Gasteiger charge is 2.22. The molecule has 1 heterocycles. The number of amides is 1. The molecule has 98 valence electrons. The van der Waals surface area contributed by atoms with Gasteiger partial charge in [-0.3, -0.25) is 4.79 Å². The van der Waals surface area contributed by atoms with E-state index in [0.29, 0.717) is 18.0 Å². The third kappa shape index (κ3) is 2.84. The Bertz CT molecular complexity index is 450. The summed E-state index contributed by atoms with van der Waals surface area (Å²) in [4.78, 5) is 13.7. The Morgan fingerprint density at radius 2 is 2.28 bits per heavy atom. The van der Waals surface area contributed by atoms with Crippen LogP contribution in [0.15, 0.2) is 22.7 Å². The standard InChI is InChI=1S/C13H18BrN3O/c14-10-3-4-12(11(6-10)13(16)18)17-5-1-2-9(7-15)8-17/h3-4,6,9H,1-2,5,7-8,15H2,(H2,16,18). The molecular weight excluding hydrogens is 294 g/mol. The lowest BCUT2D eigenvalue weighted by atomic mass is 9.97. The second kappa shape index (κ2) is 5.71. The summed E-state index contributed by atoms with van der Waals surface area (Å²) in [5, 5.41) is 0. The van der Waals surface area contributed by atoms with Crippen LogP contribution in [0.2, 0.25) is 0 Å². The van der Waals surface area contributed by atoms with Crippen molar-refractivity contribution in [3.8, 4) is 0 Å². The fraction of sp³-hybridized carbons (Fsp3) is 0.462. The molecule has 1 aromatic carbocycles. The quantitative estimate of drug-likeness (QED) is 0.893. The molecule has 1 aliphatic rings. The third-order valence-corrected chi connectivity index (χ3v) is 3.91. The molecule has 1 fully saturated rings. The number of hydrogen-bond acceptors (Lipinski definition) is 3. The molecule has 1 saturated heterocycles. The number of rotatable bonds is 3. The Morgan fingerprint density at radius 1 is 1.50 bits per heavy atom. The maximum Gasteiger partial charge on any atom is 0.250 e. The smallest absolute Gasteiger partial charge is 0.250 e. The van der Waals surface area contributed by atoms with Gasteiger partial charge in [-0.25, -0.2) is 0 Å². The van der Waals surface area contributed by atoms with E-state index in [1.54, 1.807) is 6.07 Å². The summed E-state index contributed by atoms with van der Waals surface area (Å²) in [6.07, 6.45) is 2.27. The Balaban J connectivity index is 2.29. The zero-order valence-electron chi connectivity index (χ0n) is 10.2. The molecule has 2 rings (SSSR count). The number of carbonyl (C=O) groups excluding carboxylic acids is 1. The summed E-state index contributed by atoms with van der Waals surface area (Å²) in [5.41, 5.74) is 12.7. The van der Waals surface area contributed by atoms with Crippen molar-refractivity contribution >= 4 is 27.5 Å². The molecule has 0 saturated carbocycles.